The van der Waals surface area contributed by atoms with Gasteiger partial charge in [0.1, 0.15) is 0 Å². The van der Waals surface area contributed by atoms with Gasteiger partial charge < -0.3 is 0 Å². The van der Waals surface area contributed by atoms with Crippen LogP contribution in [0.25, 0.3) is 10.8 Å². The van der Waals surface area contributed by atoms with E-state index in [2.05, 4.69) is 58.0 Å². The van der Waals surface area contributed by atoms with Gasteiger partial charge in [-0.05, 0) is 28.9 Å². The van der Waals surface area contributed by atoms with Crippen LogP contribution in [0.5, 0.6) is 0 Å². The van der Waals surface area contributed by atoms with Crippen molar-refractivity contribution in [2.75, 3.05) is 0 Å². The molecule has 0 heterocycles. The highest BCUT2D eigenvalue weighted by atomic mass is 35.5. The molecule has 84 valence electrons. The quantitative estimate of drug-likeness (QED) is 0.593. The van der Waals surface area contributed by atoms with Gasteiger partial charge in [-0.3, -0.25) is 0 Å². The van der Waals surface area contributed by atoms with E-state index in [9.17, 15) is 0 Å². The van der Waals surface area contributed by atoms with Crippen LogP contribution in [0, 0.1) is 6.92 Å². The zero-order valence-corrected chi connectivity index (χ0v) is 11.0. The second-order valence-electron chi connectivity index (χ2n) is 5.35. The van der Waals surface area contributed by atoms with E-state index in [4.69, 9.17) is 11.6 Å². The Hall–Kier alpha value is -1.01. The van der Waals surface area contributed by atoms with Crippen molar-refractivity contribution < 1.29 is 0 Å². The molecule has 0 bridgehead atoms. The molecular formula is C15H17Cl. The smallest absolute Gasteiger partial charge is 0.0516 e. The Labute approximate surface area is 102 Å². The SMILES string of the molecule is Cc1ccc2cccc(C(C)(C)C)c2c1Cl. The molecule has 2 aromatic carbocycles. The van der Waals surface area contributed by atoms with Crippen molar-refractivity contribution in [2.45, 2.75) is 33.1 Å². The van der Waals surface area contributed by atoms with Gasteiger partial charge in [-0.2, -0.15) is 0 Å². The first-order valence-corrected chi connectivity index (χ1v) is 5.97. The minimum Gasteiger partial charge on any atom is -0.0834 e. The summed E-state index contributed by atoms with van der Waals surface area (Å²) < 4.78 is 0. The first-order chi connectivity index (χ1) is 7.41. The first-order valence-electron chi connectivity index (χ1n) is 5.59. The van der Waals surface area contributed by atoms with Gasteiger partial charge in [-0.15, -0.1) is 0 Å². The van der Waals surface area contributed by atoms with Crippen molar-refractivity contribution in [3.63, 3.8) is 0 Å². The summed E-state index contributed by atoms with van der Waals surface area (Å²) in [6.07, 6.45) is 0. The Balaban J connectivity index is 2.91. The second-order valence-corrected chi connectivity index (χ2v) is 5.73. The fourth-order valence-electron chi connectivity index (χ4n) is 2.06. The van der Waals surface area contributed by atoms with Crippen molar-refractivity contribution >= 4 is 22.4 Å². The highest BCUT2D eigenvalue weighted by Gasteiger charge is 2.18. The highest BCUT2D eigenvalue weighted by molar-refractivity contribution is 6.36. The summed E-state index contributed by atoms with van der Waals surface area (Å²) in [6, 6.07) is 10.6. The van der Waals surface area contributed by atoms with Crippen LogP contribution in [0.1, 0.15) is 31.9 Å². The molecule has 0 saturated heterocycles. The van der Waals surface area contributed by atoms with E-state index >= 15 is 0 Å². The minimum absolute atomic E-state index is 0.122. The van der Waals surface area contributed by atoms with Crippen molar-refractivity contribution in [3.8, 4) is 0 Å². The summed E-state index contributed by atoms with van der Waals surface area (Å²) >= 11 is 6.44. The van der Waals surface area contributed by atoms with Gasteiger partial charge >= 0.3 is 0 Å². The highest BCUT2D eigenvalue weighted by Crippen LogP contribution is 2.35. The molecule has 0 fully saturated rings. The van der Waals surface area contributed by atoms with Gasteiger partial charge in [0.05, 0.1) is 5.02 Å². The number of aryl methyl sites for hydroxylation is 1. The van der Waals surface area contributed by atoms with Crippen molar-refractivity contribution in [1.29, 1.82) is 0 Å². The molecule has 0 nitrogen and oxygen atoms in total. The van der Waals surface area contributed by atoms with E-state index in [1.807, 2.05) is 0 Å². The number of hydrogen-bond donors (Lipinski definition) is 0. The van der Waals surface area contributed by atoms with Gasteiger partial charge in [0.2, 0.25) is 0 Å². The van der Waals surface area contributed by atoms with Crippen LogP contribution in [0.4, 0.5) is 0 Å². The molecule has 0 aromatic heterocycles. The molecule has 0 N–H and O–H groups in total. The van der Waals surface area contributed by atoms with E-state index < -0.39 is 0 Å². The summed E-state index contributed by atoms with van der Waals surface area (Å²) in [7, 11) is 0. The summed E-state index contributed by atoms with van der Waals surface area (Å²) in [6.45, 7) is 8.72. The fourth-order valence-corrected chi connectivity index (χ4v) is 2.34. The minimum atomic E-state index is 0.122. The number of hydrogen-bond acceptors (Lipinski definition) is 0. The lowest BCUT2D eigenvalue weighted by molar-refractivity contribution is 0.596. The third-order valence-electron chi connectivity index (χ3n) is 2.98. The third-order valence-corrected chi connectivity index (χ3v) is 3.47. The van der Waals surface area contributed by atoms with Gasteiger partial charge in [0.25, 0.3) is 0 Å². The predicted molar refractivity (Wildman–Crippen MR) is 72.4 cm³/mol. The molecule has 16 heavy (non-hydrogen) atoms. The molecule has 1 heteroatoms. The number of rotatable bonds is 0. The number of halogens is 1. The average molecular weight is 233 g/mol. The lowest BCUT2D eigenvalue weighted by Gasteiger charge is -2.22. The van der Waals surface area contributed by atoms with Crippen molar-refractivity contribution in [3.05, 3.63) is 46.5 Å². The summed E-state index contributed by atoms with van der Waals surface area (Å²) in [5.74, 6) is 0. The maximum Gasteiger partial charge on any atom is 0.0516 e. The zero-order valence-electron chi connectivity index (χ0n) is 10.3. The molecule has 0 amide bonds. The molecule has 0 aliphatic rings. The van der Waals surface area contributed by atoms with E-state index in [1.165, 1.54) is 16.3 Å². The van der Waals surface area contributed by atoms with Gasteiger partial charge in [0, 0.05) is 5.39 Å². The predicted octanol–water partition coefficient (Wildman–Crippen LogP) is 5.10. The monoisotopic (exact) mass is 232 g/mol. The Bertz CT molecular complexity index is 533. The van der Waals surface area contributed by atoms with Gasteiger partial charge in [-0.25, -0.2) is 0 Å². The van der Waals surface area contributed by atoms with Crippen LogP contribution in [-0.2, 0) is 5.41 Å². The molecular weight excluding hydrogens is 216 g/mol. The lowest BCUT2D eigenvalue weighted by atomic mass is 9.83. The molecule has 0 aliphatic carbocycles. The van der Waals surface area contributed by atoms with Crippen LogP contribution in [0.3, 0.4) is 0 Å². The van der Waals surface area contributed by atoms with Gasteiger partial charge in [0.15, 0.2) is 0 Å². The normalized spacial score (nSPS) is 12.1. The van der Waals surface area contributed by atoms with E-state index in [0.717, 1.165) is 10.6 Å². The second kappa shape index (κ2) is 3.78. The first kappa shape index (κ1) is 11.5. The van der Waals surface area contributed by atoms with Crippen LogP contribution in [-0.4, -0.2) is 0 Å². The summed E-state index contributed by atoms with van der Waals surface area (Å²) in [4.78, 5) is 0. The zero-order chi connectivity index (χ0) is 11.9. The Morgan fingerprint density at radius 1 is 1.00 bits per heavy atom. The fraction of sp³-hybridized carbons (Fsp3) is 0.333. The lowest BCUT2D eigenvalue weighted by Crippen LogP contribution is -2.11. The maximum atomic E-state index is 6.44. The topological polar surface area (TPSA) is 0 Å². The van der Waals surface area contributed by atoms with Crippen LogP contribution in [0.2, 0.25) is 5.02 Å². The van der Waals surface area contributed by atoms with E-state index in [-0.39, 0.29) is 5.41 Å². The maximum absolute atomic E-state index is 6.44. The molecule has 2 rings (SSSR count). The average Bonchev–Trinajstić information content (AvgIpc) is 2.21. The summed E-state index contributed by atoms with van der Waals surface area (Å²) in [5, 5.41) is 3.32. The van der Waals surface area contributed by atoms with E-state index in [1.54, 1.807) is 0 Å². The van der Waals surface area contributed by atoms with Gasteiger partial charge in [-0.1, -0.05) is 62.7 Å². The number of fused-ring (bicyclic) bond motifs is 1. The molecule has 2 aromatic rings. The Morgan fingerprint density at radius 2 is 1.69 bits per heavy atom. The molecule has 0 radical (unpaired) electrons. The molecule has 0 aliphatic heterocycles. The molecule has 0 unspecified atom stereocenters. The van der Waals surface area contributed by atoms with Crippen LogP contribution in [0.15, 0.2) is 30.3 Å². The van der Waals surface area contributed by atoms with Crippen LogP contribution < -0.4 is 0 Å². The van der Waals surface area contributed by atoms with Crippen LogP contribution >= 0.6 is 11.6 Å². The van der Waals surface area contributed by atoms with E-state index in [0.29, 0.717) is 0 Å². The number of benzene rings is 2. The summed E-state index contributed by atoms with van der Waals surface area (Å²) in [5.41, 5.74) is 2.58. The molecule has 0 spiro atoms. The Kier molecular flexibility index (Phi) is 2.71. The third kappa shape index (κ3) is 1.82. The van der Waals surface area contributed by atoms with Crippen molar-refractivity contribution in [2.24, 2.45) is 0 Å². The molecule has 0 saturated carbocycles. The standard InChI is InChI=1S/C15H17Cl/c1-10-8-9-11-6-5-7-12(15(2,3)4)13(11)14(10)16/h5-9H,1-4H3. The largest absolute Gasteiger partial charge is 0.0834 e. The Morgan fingerprint density at radius 3 is 2.31 bits per heavy atom. The van der Waals surface area contributed by atoms with Crippen molar-refractivity contribution in [1.82, 2.24) is 0 Å². The molecule has 0 atom stereocenters.